The van der Waals surface area contributed by atoms with Crippen LogP contribution < -0.4 is 14.8 Å². The van der Waals surface area contributed by atoms with Crippen LogP contribution in [-0.4, -0.2) is 26.8 Å². The van der Waals surface area contributed by atoms with Crippen LogP contribution in [0, 0.1) is 5.82 Å². The van der Waals surface area contributed by atoms with E-state index in [4.69, 9.17) is 21.1 Å². The molecule has 28 heavy (non-hydrogen) atoms. The van der Waals surface area contributed by atoms with Gasteiger partial charge in [0.1, 0.15) is 12.4 Å². The van der Waals surface area contributed by atoms with Gasteiger partial charge < -0.3 is 14.8 Å². The highest BCUT2D eigenvalue weighted by Crippen LogP contribution is 2.37. The molecule has 1 heterocycles. The number of rotatable bonds is 9. The second-order valence-corrected chi connectivity index (χ2v) is 6.30. The molecule has 9 heteroatoms. The van der Waals surface area contributed by atoms with E-state index in [0.717, 1.165) is 5.56 Å². The van der Waals surface area contributed by atoms with Crippen LogP contribution in [0.4, 0.5) is 10.3 Å². The van der Waals surface area contributed by atoms with Gasteiger partial charge in [0.15, 0.2) is 11.5 Å². The van der Waals surface area contributed by atoms with Crippen LogP contribution in [0.2, 0.25) is 5.02 Å². The smallest absolute Gasteiger partial charge is 0.243 e. The molecule has 0 aliphatic heterocycles. The largest absolute Gasteiger partial charge is 0.490 e. The molecule has 2 aromatic carbocycles. The Morgan fingerprint density at radius 3 is 2.75 bits per heavy atom. The minimum Gasteiger partial charge on any atom is -0.490 e. The lowest BCUT2D eigenvalue weighted by Gasteiger charge is -2.16. The minimum absolute atomic E-state index is 0.0509. The highest BCUT2D eigenvalue weighted by atomic mass is 35.5. The first-order valence-corrected chi connectivity index (χ1v) is 9.31. The molecule has 0 saturated heterocycles. The summed E-state index contributed by atoms with van der Waals surface area (Å²) in [5.41, 5.74) is 1.32. The molecule has 0 atom stereocenters. The van der Waals surface area contributed by atoms with Gasteiger partial charge >= 0.3 is 0 Å². The number of nitrogens with one attached hydrogen (secondary N) is 1. The Morgan fingerprint density at radius 1 is 1.18 bits per heavy atom. The zero-order valence-electron chi connectivity index (χ0n) is 15.7. The van der Waals surface area contributed by atoms with Crippen molar-refractivity contribution in [3.05, 3.63) is 58.4 Å². The third-order valence-corrected chi connectivity index (χ3v) is 4.26. The fraction of sp³-hybridized carbons (Fsp3) is 0.316. The second-order valence-electron chi connectivity index (χ2n) is 5.89. The van der Waals surface area contributed by atoms with Crippen molar-refractivity contribution in [2.45, 2.75) is 33.5 Å². The van der Waals surface area contributed by atoms with Crippen LogP contribution in [0.3, 0.4) is 0 Å². The van der Waals surface area contributed by atoms with Gasteiger partial charge in [0.2, 0.25) is 5.95 Å². The lowest BCUT2D eigenvalue weighted by Crippen LogP contribution is -2.08. The third kappa shape index (κ3) is 4.69. The summed E-state index contributed by atoms with van der Waals surface area (Å²) in [5, 5.41) is 15.0. The summed E-state index contributed by atoms with van der Waals surface area (Å²) in [6.45, 7) is 5.42. The number of anilines is 1. The van der Waals surface area contributed by atoms with Crippen molar-refractivity contribution in [1.82, 2.24) is 20.2 Å². The quantitative estimate of drug-likeness (QED) is 0.578. The molecule has 1 N–H and O–H groups in total. The monoisotopic (exact) mass is 405 g/mol. The van der Waals surface area contributed by atoms with Crippen LogP contribution >= 0.6 is 11.6 Å². The van der Waals surface area contributed by atoms with Crippen LogP contribution in [0.5, 0.6) is 11.5 Å². The van der Waals surface area contributed by atoms with Crippen LogP contribution in [0.1, 0.15) is 25.0 Å². The van der Waals surface area contributed by atoms with Crippen LogP contribution in [-0.2, 0) is 19.7 Å². The maximum Gasteiger partial charge on any atom is 0.243 e. The van der Waals surface area contributed by atoms with E-state index in [0.29, 0.717) is 47.7 Å². The molecule has 3 aromatic rings. The number of tetrazole rings is 1. The number of ether oxygens (including phenoxy) is 2. The molecule has 1 aromatic heterocycles. The molecule has 148 valence electrons. The normalized spacial score (nSPS) is 10.7. The fourth-order valence-electron chi connectivity index (χ4n) is 2.62. The van der Waals surface area contributed by atoms with Gasteiger partial charge in [-0.3, -0.25) is 0 Å². The van der Waals surface area contributed by atoms with Crippen molar-refractivity contribution >= 4 is 17.5 Å². The summed E-state index contributed by atoms with van der Waals surface area (Å²) in [7, 11) is 0. The van der Waals surface area contributed by atoms with Crippen molar-refractivity contribution in [2.24, 2.45) is 0 Å². The van der Waals surface area contributed by atoms with Gasteiger partial charge in [-0.2, -0.15) is 0 Å². The van der Waals surface area contributed by atoms with E-state index < -0.39 is 0 Å². The fourth-order valence-corrected chi connectivity index (χ4v) is 2.91. The van der Waals surface area contributed by atoms with E-state index in [1.54, 1.807) is 28.9 Å². The Morgan fingerprint density at radius 2 is 2.00 bits per heavy atom. The molecule has 0 spiro atoms. The lowest BCUT2D eigenvalue weighted by molar-refractivity contribution is 0.266. The minimum atomic E-state index is -0.328. The molecule has 3 rings (SSSR count). The van der Waals surface area contributed by atoms with E-state index in [1.807, 2.05) is 19.9 Å². The van der Waals surface area contributed by atoms with Gasteiger partial charge in [0.05, 0.1) is 11.6 Å². The highest BCUT2D eigenvalue weighted by Gasteiger charge is 2.14. The first kappa shape index (κ1) is 19.9. The topological polar surface area (TPSA) is 74.1 Å². The molecule has 0 bridgehead atoms. The first-order valence-electron chi connectivity index (χ1n) is 8.93. The van der Waals surface area contributed by atoms with Crippen LogP contribution in [0.15, 0.2) is 36.4 Å². The van der Waals surface area contributed by atoms with Crippen molar-refractivity contribution in [1.29, 1.82) is 0 Å². The van der Waals surface area contributed by atoms with E-state index in [-0.39, 0.29) is 12.4 Å². The predicted octanol–water partition coefficient (Wildman–Crippen LogP) is 4.08. The van der Waals surface area contributed by atoms with E-state index >= 15 is 0 Å². The summed E-state index contributed by atoms with van der Waals surface area (Å²) < 4.78 is 26.9. The molecule has 0 radical (unpaired) electrons. The SMILES string of the molecule is CCOc1cc(CNc2nnnn2CC)cc(Cl)c1OCc1ccccc1F. The molecule has 0 fully saturated rings. The van der Waals surface area contributed by atoms with E-state index in [1.165, 1.54) is 6.07 Å². The Hall–Kier alpha value is -2.87. The van der Waals surface area contributed by atoms with Crippen molar-refractivity contribution in [2.75, 3.05) is 11.9 Å². The average molecular weight is 406 g/mol. The number of hydrogen-bond acceptors (Lipinski definition) is 6. The Balaban J connectivity index is 1.76. The average Bonchev–Trinajstić information content (AvgIpc) is 3.15. The zero-order chi connectivity index (χ0) is 19.9. The number of halogens is 2. The summed E-state index contributed by atoms with van der Waals surface area (Å²) in [4.78, 5) is 0. The van der Waals surface area contributed by atoms with Crippen molar-refractivity contribution < 1.29 is 13.9 Å². The van der Waals surface area contributed by atoms with E-state index in [2.05, 4.69) is 20.8 Å². The van der Waals surface area contributed by atoms with Gasteiger partial charge in [-0.25, -0.2) is 9.07 Å². The number of aromatic nitrogens is 4. The molecule has 0 amide bonds. The Labute approximate surface area is 167 Å². The highest BCUT2D eigenvalue weighted by molar-refractivity contribution is 6.32. The predicted molar refractivity (Wildman–Crippen MR) is 104 cm³/mol. The third-order valence-electron chi connectivity index (χ3n) is 3.98. The number of nitrogens with zero attached hydrogens (tertiary/aromatic N) is 4. The Kier molecular flexibility index (Phi) is 6.65. The maximum atomic E-state index is 13.8. The first-order chi connectivity index (χ1) is 13.6. The van der Waals surface area contributed by atoms with Crippen molar-refractivity contribution in [3.63, 3.8) is 0 Å². The summed E-state index contributed by atoms with van der Waals surface area (Å²) in [6.07, 6.45) is 0. The van der Waals surface area contributed by atoms with E-state index in [9.17, 15) is 4.39 Å². The van der Waals surface area contributed by atoms with Crippen molar-refractivity contribution in [3.8, 4) is 11.5 Å². The summed E-state index contributed by atoms with van der Waals surface area (Å²) >= 11 is 6.42. The zero-order valence-corrected chi connectivity index (χ0v) is 16.4. The molecule has 7 nitrogen and oxygen atoms in total. The van der Waals surface area contributed by atoms with Gasteiger partial charge in [-0.05, 0) is 48.0 Å². The molecule has 0 aliphatic rings. The number of hydrogen-bond donors (Lipinski definition) is 1. The number of benzene rings is 2. The number of aryl methyl sites for hydroxylation is 1. The molecule has 0 saturated carbocycles. The molecule has 0 unspecified atom stereocenters. The summed E-state index contributed by atoms with van der Waals surface area (Å²) in [6, 6.07) is 10.1. The van der Waals surface area contributed by atoms with Gasteiger partial charge in [0, 0.05) is 18.7 Å². The molecular weight excluding hydrogens is 385 g/mol. The molecule has 0 aliphatic carbocycles. The summed E-state index contributed by atoms with van der Waals surface area (Å²) in [5.74, 6) is 1.12. The molecular formula is C19H21ClFN5O2. The second kappa shape index (κ2) is 9.36. The standard InChI is InChI=1S/C19H21ClFN5O2/c1-3-26-19(23-24-25-26)22-11-13-9-15(20)18(17(10-13)27-4-2)28-12-14-7-5-6-8-16(14)21/h5-10H,3-4,11-12H2,1-2H3,(H,22,23,25). The maximum absolute atomic E-state index is 13.8. The van der Waals surface area contributed by atoms with Gasteiger partial charge in [0.25, 0.3) is 0 Å². The van der Waals surface area contributed by atoms with Gasteiger partial charge in [-0.1, -0.05) is 34.9 Å². The lowest BCUT2D eigenvalue weighted by atomic mass is 10.2. The Bertz CT molecular complexity index is 934. The van der Waals surface area contributed by atoms with Crippen LogP contribution in [0.25, 0.3) is 0 Å². The van der Waals surface area contributed by atoms with Gasteiger partial charge in [-0.15, -0.1) is 0 Å².